The average molecular weight is 406 g/mol. The lowest BCUT2D eigenvalue weighted by molar-refractivity contribution is 0.142. The molecule has 0 aliphatic carbocycles. The minimum absolute atomic E-state index is 0.375. The van der Waals surface area contributed by atoms with Crippen molar-refractivity contribution in [3.8, 4) is 11.3 Å². The Kier molecular flexibility index (Phi) is 5.66. The number of hydrogen-bond donors (Lipinski definition) is 3. The molecule has 154 valence electrons. The van der Waals surface area contributed by atoms with Crippen LogP contribution in [-0.2, 0) is 6.54 Å². The third kappa shape index (κ3) is 4.44. The lowest BCUT2D eigenvalue weighted by Gasteiger charge is -2.33. The van der Waals surface area contributed by atoms with Crippen LogP contribution in [0.15, 0.2) is 49.1 Å². The van der Waals surface area contributed by atoms with E-state index >= 15 is 0 Å². The number of piperazine rings is 1. The first kappa shape index (κ1) is 19.5. The Hall–Kier alpha value is -3.79. The summed E-state index contributed by atoms with van der Waals surface area (Å²) in [5.41, 5.74) is 8.48. The quantitative estimate of drug-likeness (QED) is 0.581. The summed E-state index contributed by atoms with van der Waals surface area (Å²) in [6.45, 7) is 2.47. The number of hydrogen-bond acceptors (Lipinski definition) is 8. The molecule has 0 aromatic carbocycles. The average Bonchev–Trinajstić information content (AvgIpc) is 2.79. The van der Waals surface area contributed by atoms with Crippen LogP contribution in [0.2, 0.25) is 0 Å². The highest BCUT2D eigenvalue weighted by Crippen LogP contribution is 2.25. The number of pyridine rings is 2. The predicted molar refractivity (Wildman–Crippen MR) is 112 cm³/mol. The highest BCUT2D eigenvalue weighted by molar-refractivity contribution is 5.68. The molecule has 1 aliphatic rings. The molecule has 1 amide bonds. The van der Waals surface area contributed by atoms with Crippen LogP contribution in [0.25, 0.3) is 11.3 Å². The van der Waals surface area contributed by atoms with Gasteiger partial charge < -0.3 is 26.0 Å². The first-order valence-electron chi connectivity index (χ1n) is 9.55. The monoisotopic (exact) mass is 406 g/mol. The predicted octanol–water partition coefficient (Wildman–Crippen LogP) is 1.94. The number of carbonyl (C=O) groups is 1. The number of nitrogens with zero attached hydrogens (tertiary/aromatic N) is 6. The van der Waals surface area contributed by atoms with E-state index in [1.807, 2.05) is 24.3 Å². The summed E-state index contributed by atoms with van der Waals surface area (Å²) in [5, 5.41) is 12.3. The summed E-state index contributed by atoms with van der Waals surface area (Å²) in [7, 11) is 0. The van der Waals surface area contributed by atoms with Crippen LogP contribution in [0.3, 0.4) is 0 Å². The number of amides is 1. The Morgan fingerprint density at radius 3 is 2.60 bits per heavy atom. The van der Waals surface area contributed by atoms with E-state index in [4.69, 9.17) is 15.8 Å². The van der Waals surface area contributed by atoms with E-state index in [2.05, 4.69) is 25.2 Å². The zero-order chi connectivity index (χ0) is 20.9. The van der Waals surface area contributed by atoms with E-state index in [9.17, 15) is 4.79 Å². The highest BCUT2D eigenvalue weighted by atomic mass is 16.4. The summed E-state index contributed by atoms with van der Waals surface area (Å²) in [5.74, 6) is 2.01. The lowest BCUT2D eigenvalue weighted by Crippen LogP contribution is -2.48. The molecule has 30 heavy (non-hydrogen) atoms. The highest BCUT2D eigenvalue weighted by Gasteiger charge is 2.21. The molecule has 10 heteroatoms. The second-order valence-electron chi connectivity index (χ2n) is 6.83. The second-order valence-corrected chi connectivity index (χ2v) is 6.83. The van der Waals surface area contributed by atoms with Crippen molar-refractivity contribution in [1.29, 1.82) is 0 Å². The van der Waals surface area contributed by atoms with Crippen LogP contribution in [0, 0.1) is 0 Å². The van der Waals surface area contributed by atoms with Gasteiger partial charge in [-0.05, 0) is 29.8 Å². The third-order valence-electron chi connectivity index (χ3n) is 4.86. The van der Waals surface area contributed by atoms with Gasteiger partial charge in [0.1, 0.15) is 17.5 Å². The number of aromatic nitrogens is 4. The van der Waals surface area contributed by atoms with Crippen LogP contribution >= 0.6 is 0 Å². The van der Waals surface area contributed by atoms with Crippen molar-refractivity contribution in [3.05, 3.63) is 54.6 Å². The Balaban J connectivity index is 1.58. The van der Waals surface area contributed by atoms with Crippen molar-refractivity contribution in [2.45, 2.75) is 6.54 Å². The number of rotatable bonds is 5. The van der Waals surface area contributed by atoms with Gasteiger partial charge in [0.25, 0.3) is 0 Å². The topological polar surface area (TPSA) is 133 Å². The van der Waals surface area contributed by atoms with Crippen molar-refractivity contribution in [1.82, 2.24) is 24.8 Å². The van der Waals surface area contributed by atoms with Gasteiger partial charge in [-0.15, -0.1) is 0 Å². The summed E-state index contributed by atoms with van der Waals surface area (Å²) in [6.07, 6.45) is 5.69. The summed E-state index contributed by atoms with van der Waals surface area (Å²) >= 11 is 0. The Bertz CT molecular complexity index is 1020. The van der Waals surface area contributed by atoms with Gasteiger partial charge in [-0.3, -0.25) is 4.98 Å². The fraction of sp³-hybridized carbons (Fsp3) is 0.250. The Morgan fingerprint density at radius 1 is 1.07 bits per heavy atom. The van der Waals surface area contributed by atoms with E-state index in [-0.39, 0.29) is 0 Å². The molecule has 1 saturated heterocycles. The maximum Gasteiger partial charge on any atom is 0.407 e. The summed E-state index contributed by atoms with van der Waals surface area (Å²) in [4.78, 5) is 32.0. The van der Waals surface area contributed by atoms with Gasteiger partial charge in [-0.1, -0.05) is 0 Å². The molecular weight excluding hydrogens is 384 g/mol. The molecule has 0 bridgehead atoms. The molecule has 4 rings (SSSR count). The minimum Gasteiger partial charge on any atom is -0.465 e. The molecule has 0 saturated carbocycles. The number of nitrogens with one attached hydrogen (secondary N) is 1. The smallest absolute Gasteiger partial charge is 0.407 e. The van der Waals surface area contributed by atoms with Gasteiger partial charge in [0, 0.05) is 56.9 Å². The normalized spacial score (nSPS) is 13.9. The largest absolute Gasteiger partial charge is 0.465 e. The van der Waals surface area contributed by atoms with Crippen LogP contribution in [0.5, 0.6) is 0 Å². The standard InChI is InChI=1S/C20H22N8O2/c21-12-14-9-16(25-17(10-14)26-18-13-22-3-4-23-18)15-1-2-24-19(11-15)27-5-7-28(8-6-27)20(29)30/h1-4,9-11,13H,5-8,12,21H2,(H,29,30)(H,23,25,26). The third-order valence-corrected chi connectivity index (χ3v) is 4.86. The molecule has 1 fully saturated rings. The van der Waals surface area contributed by atoms with Gasteiger partial charge >= 0.3 is 6.09 Å². The van der Waals surface area contributed by atoms with Crippen LogP contribution in [0.4, 0.5) is 22.2 Å². The summed E-state index contributed by atoms with van der Waals surface area (Å²) in [6, 6.07) is 7.69. The van der Waals surface area contributed by atoms with Gasteiger partial charge in [-0.2, -0.15) is 0 Å². The van der Waals surface area contributed by atoms with Crippen LogP contribution in [0.1, 0.15) is 5.56 Å². The van der Waals surface area contributed by atoms with Crippen molar-refractivity contribution in [2.75, 3.05) is 36.4 Å². The van der Waals surface area contributed by atoms with E-state index in [0.29, 0.717) is 44.4 Å². The van der Waals surface area contributed by atoms with Crippen molar-refractivity contribution in [3.63, 3.8) is 0 Å². The maximum atomic E-state index is 11.1. The maximum absolute atomic E-state index is 11.1. The number of anilines is 3. The molecule has 3 aromatic rings. The van der Waals surface area contributed by atoms with E-state index in [1.54, 1.807) is 24.8 Å². The van der Waals surface area contributed by atoms with E-state index < -0.39 is 6.09 Å². The first-order chi connectivity index (χ1) is 14.6. The fourth-order valence-corrected chi connectivity index (χ4v) is 3.29. The summed E-state index contributed by atoms with van der Waals surface area (Å²) < 4.78 is 0. The van der Waals surface area contributed by atoms with E-state index in [0.717, 1.165) is 22.6 Å². The van der Waals surface area contributed by atoms with Gasteiger partial charge in [0.05, 0.1) is 11.9 Å². The molecule has 4 heterocycles. The molecule has 0 radical (unpaired) electrons. The molecule has 0 atom stereocenters. The molecule has 0 unspecified atom stereocenters. The van der Waals surface area contributed by atoms with Crippen LogP contribution < -0.4 is 16.0 Å². The van der Waals surface area contributed by atoms with Gasteiger partial charge in [0.2, 0.25) is 0 Å². The van der Waals surface area contributed by atoms with Crippen molar-refractivity contribution in [2.24, 2.45) is 5.73 Å². The molecular formula is C20H22N8O2. The van der Waals surface area contributed by atoms with Gasteiger partial charge in [-0.25, -0.2) is 19.7 Å². The first-order valence-corrected chi connectivity index (χ1v) is 9.55. The number of carboxylic acid groups (broad SMARTS) is 1. The Morgan fingerprint density at radius 2 is 1.90 bits per heavy atom. The zero-order valence-corrected chi connectivity index (χ0v) is 16.3. The molecule has 0 spiro atoms. The van der Waals surface area contributed by atoms with E-state index in [1.165, 1.54) is 4.90 Å². The van der Waals surface area contributed by atoms with Crippen LogP contribution in [-0.4, -0.2) is 62.2 Å². The van der Waals surface area contributed by atoms with Crippen molar-refractivity contribution >= 4 is 23.5 Å². The molecule has 3 aromatic heterocycles. The van der Waals surface area contributed by atoms with Crippen molar-refractivity contribution < 1.29 is 9.90 Å². The second kappa shape index (κ2) is 8.70. The van der Waals surface area contributed by atoms with Gasteiger partial charge in [0.15, 0.2) is 0 Å². The minimum atomic E-state index is -0.887. The molecule has 10 nitrogen and oxygen atoms in total. The Labute approximate surface area is 173 Å². The zero-order valence-electron chi connectivity index (χ0n) is 16.3. The fourth-order valence-electron chi connectivity index (χ4n) is 3.29. The SMILES string of the molecule is NCc1cc(Nc2cnccn2)nc(-c2ccnc(N3CCN(C(=O)O)CC3)c2)c1. The lowest BCUT2D eigenvalue weighted by atomic mass is 10.1. The molecule has 4 N–H and O–H groups in total. The molecule has 1 aliphatic heterocycles. The number of nitrogens with two attached hydrogens (primary N) is 1.